The molecule has 0 spiro atoms. The number of aryl methyl sites for hydroxylation is 2. The molecule has 4 heteroatoms. The van der Waals surface area contributed by atoms with E-state index in [1.807, 2.05) is 44.2 Å². The summed E-state index contributed by atoms with van der Waals surface area (Å²) in [6, 6.07) is 13.0. The smallest absolute Gasteiger partial charge is 0.339 e. The fraction of sp³-hybridized carbons (Fsp3) is 0.222. The largest absolute Gasteiger partial charge is 0.448 e. The minimum absolute atomic E-state index is 0.291. The van der Waals surface area contributed by atoms with Crippen molar-refractivity contribution in [3.05, 3.63) is 64.7 Å². The molecule has 1 amide bonds. The zero-order chi connectivity index (χ0) is 15.7. The first kappa shape index (κ1) is 14.3. The maximum Gasteiger partial charge on any atom is 0.339 e. The number of para-hydroxylation sites is 1. The number of hydrogen-bond donors (Lipinski definition) is 1. The molecule has 0 unspecified atom stereocenters. The average molecular weight is 295 g/mol. The molecule has 0 saturated carbocycles. The van der Waals surface area contributed by atoms with Crippen LogP contribution in [0.15, 0.2) is 42.5 Å². The first-order valence-corrected chi connectivity index (χ1v) is 7.22. The van der Waals surface area contributed by atoms with E-state index in [1.54, 1.807) is 12.1 Å². The van der Waals surface area contributed by atoms with Crippen LogP contribution in [-0.2, 0) is 16.0 Å². The Labute approximate surface area is 129 Å². The molecule has 1 aliphatic rings. The topological polar surface area (TPSA) is 55.4 Å². The lowest BCUT2D eigenvalue weighted by atomic mass is 9.98. The van der Waals surface area contributed by atoms with Gasteiger partial charge in [0.2, 0.25) is 0 Å². The van der Waals surface area contributed by atoms with E-state index in [-0.39, 0.29) is 5.91 Å². The summed E-state index contributed by atoms with van der Waals surface area (Å²) in [7, 11) is 0. The molecule has 1 atom stereocenters. The lowest BCUT2D eigenvalue weighted by Crippen LogP contribution is -2.38. The van der Waals surface area contributed by atoms with Crippen molar-refractivity contribution in [2.75, 3.05) is 5.32 Å². The van der Waals surface area contributed by atoms with Gasteiger partial charge >= 0.3 is 5.97 Å². The summed E-state index contributed by atoms with van der Waals surface area (Å²) in [5.74, 6) is -0.733. The third kappa shape index (κ3) is 2.60. The van der Waals surface area contributed by atoms with Gasteiger partial charge in [0.1, 0.15) is 0 Å². The van der Waals surface area contributed by atoms with Crippen LogP contribution in [-0.4, -0.2) is 18.0 Å². The van der Waals surface area contributed by atoms with Crippen molar-refractivity contribution in [1.82, 2.24) is 0 Å². The Morgan fingerprint density at radius 3 is 2.50 bits per heavy atom. The molecule has 3 rings (SSSR count). The van der Waals surface area contributed by atoms with Crippen LogP contribution >= 0.6 is 0 Å². The predicted octanol–water partition coefficient (Wildman–Crippen LogP) is 3.02. The van der Waals surface area contributed by atoms with Crippen molar-refractivity contribution in [2.24, 2.45) is 0 Å². The number of carbonyl (C=O) groups excluding carboxylic acids is 2. The first-order chi connectivity index (χ1) is 10.6. The molecule has 2 aromatic carbocycles. The van der Waals surface area contributed by atoms with E-state index in [0.29, 0.717) is 12.0 Å². The van der Waals surface area contributed by atoms with Crippen LogP contribution < -0.4 is 5.32 Å². The first-order valence-electron chi connectivity index (χ1n) is 7.22. The standard InChI is InChI=1S/C18H17NO3/c1-11-6-5-7-12(2)16(11)19-17(20)15-10-13-8-3-4-9-14(13)18(21)22-15/h3-9,15H,10H2,1-2H3,(H,19,20)/t15-/m1/s1. The SMILES string of the molecule is Cc1cccc(C)c1NC(=O)[C@H]1Cc2ccccc2C(=O)O1. The third-order valence-corrected chi connectivity index (χ3v) is 3.91. The van der Waals surface area contributed by atoms with Crippen molar-refractivity contribution < 1.29 is 14.3 Å². The number of ether oxygens (including phenoxy) is 1. The molecule has 0 aliphatic carbocycles. The van der Waals surface area contributed by atoms with Gasteiger partial charge < -0.3 is 10.1 Å². The quantitative estimate of drug-likeness (QED) is 0.866. The van der Waals surface area contributed by atoms with E-state index < -0.39 is 12.1 Å². The summed E-state index contributed by atoms with van der Waals surface area (Å²) in [6.07, 6.45) is -0.389. The van der Waals surface area contributed by atoms with Gasteiger partial charge in [-0.3, -0.25) is 4.79 Å². The predicted molar refractivity (Wildman–Crippen MR) is 83.9 cm³/mol. The molecule has 0 aromatic heterocycles. The van der Waals surface area contributed by atoms with Gasteiger partial charge in [0, 0.05) is 12.1 Å². The lowest BCUT2D eigenvalue weighted by Gasteiger charge is -2.24. The van der Waals surface area contributed by atoms with Crippen LogP contribution in [0, 0.1) is 13.8 Å². The number of amides is 1. The maximum absolute atomic E-state index is 12.4. The Morgan fingerprint density at radius 2 is 1.77 bits per heavy atom. The van der Waals surface area contributed by atoms with Gasteiger partial charge in [0.25, 0.3) is 5.91 Å². The Hall–Kier alpha value is -2.62. The number of anilines is 1. The minimum Gasteiger partial charge on any atom is -0.448 e. The van der Waals surface area contributed by atoms with Crippen LogP contribution in [0.25, 0.3) is 0 Å². The number of carbonyl (C=O) groups is 2. The highest BCUT2D eigenvalue weighted by Gasteiger charge is 2.31. The van der Waals surface area contributed by atoms with E-state index in [9.17, 15) is 9.59 Å². The van der Waals surface area contributed by atoms with Crippen molar-refractivity contribution >= 4 is 17.6 Å². The van der Waals surface area contributed by atoms with Gasteiger partial charge in [-0.15, -0.1) is 0 Å². The van der Waals surface area contributed by atoms with Gasteiger partial charge in [-0.2, -0.15) is 0 Å². The van der Waals surface area contributed by atoms with Crippen molar-refractivity contribution in [2.45, 2.75) is 26.4 Å². The van der Waals surface area contributed by atoms with Gasteiger partial charge in [-0.25, -0.2) is 4.79 Å². The summed E-state index contributed by atoms with van der Waals surface area (Å²) in [4.78, 5) is 24.4. The fourth-order valence-corrected chi connectivity index (χ4v) is 2.69. The molecule has 112 valence electrons. The van der Waals surface area contributed by atoms with Gasteiger partial charge in [0.15, 0.2) is 6.10 Å². The van der Waals surface area contributed by atoms with Crippen molar-refractivity contribution in [3.8, 4) is 0 Å². The second kappa shape index (κ2) is 5.64. The fourth-order valence-electron chi connectivity index (χ4n) is 2.69. The van der Waals surface area contributed by atoms with E-state index in [0.717, 1.165) is 22.4 Å². The molecule has 0 bridgehead atoms. The third-order valence-electron chi connectivity index (χ3n) is 3.91. The number of fused-ring (bicyclic) bond motifs is 1. The number of benzene rings is 2. The second-order valence-corrected chi connectivity index (χ2v) is 5.51. The molecular formula is C18H17NO3. The summed E-state index contributed by atoms with van der Waals surface area (Å²) < 4.78 is 5.28. The molecule has 1 heterocycles. The minimum atomic E-state index is -0.790. The van der Waals surface area contributed by atoms with E-state index in [1.165, 1.54) is 0 Å². The summed E-state index contributed by atoms with van der Waals surface area (Å²) >= 11 is 0. The van der Waals surface area contributed by atoms with Crippen LogP contribution in [0.1, 0.15) is 27.0 Å². The summed E-state index contributed by atoms with van der Waals surface area (Å²) in [6.45, 7) is 3.87. The van der Waals surface area contributed by atoms with E-state index >= 15 is 0 Å². The van der Waals surface area contributed by atoms with Crippen LogP contribution in [0.5, 0.6) is 0 Å². The van der Waals surface area contributed by atoms with E-state index in [4.69, 9.17) is 4.74 Å². The molecule has 22 heavy (non-hydrogen) atoms. The zero-order valence-electron chi connectivity index (χ0n) is 12.6. The van der Waals surface area contributed by atoms with Crippen molar-refractivity contribution in [1.29, 1.82) is 0 Å². The van der Waals surface area contributed by atoms with Gasteiger partial charge in [0.05, 0.1) is 5.56 Å². The highest BCUT2D eigenvalue weighted by Crippen LogP contribution is 2.23. The highest BCUT2D eigenvalue weighted by atomic mass is 16.5. The Bertz CT molecular complexity index is 731. The Kier molecular flexibility index (Phi) is 3.67. The van der Waals surface area contributed by atoms with Crippen LogP contribution in [0.3, 0.4) is 0 Å². The summed E-state index contributed by atoms with van der Waals surface area (Å²) in [5.41, 5.74) is 4.13. The van der Waals surface area contributed by atoms with E-state index in [2.05, 4.69) is 5.32 Å². The molecule has 0 fully saturated rings. The molecule has 1 aliphatic heterocycles. The normalized spacial score (nSPS) is 16.6. The molecule has 1 N–H and O–H groups in total. The number of esters is 1. The average Bonchev–Trinajstić information content (AvgIpc) is 2.51. The van der Waals surface area contributed by atoms with Gasteiger partial charge in [-0.05, 0) is 36.6 Å². The Morgan fingerprint density at radius 1 is 1.09 bits per heavy atom. The molecular weight excluding hydrogens is 278 g/mol. The highest BCUT2D eigenvalue weighted by molar-refractivity contribution is 6.00. The summed E-state index contributed by atoms with van der Waals surface area (Å²) in [5, 5.41) is 2.88. The maximum atomic E-state index is 12.4. The molecule has 0 saturated heterocycles. The van der Waals surface area contributed by atoms with Gasteiger partial charge in [-0.1, -0.05) is 36.4 Å². The lowest BCUT2D eigenvalue weighted by molar-refractivity contribution is -0.125. The molecule has 4 nitrogen and oxygen atoms in total. The number of hydrogen-bond acceptors (Lipinski definition) is 3. The monoisotopic (exact) mass is 295 g/mol. The van der Waals surface area contributed by atoms with Crippen LogP contribution in [0.4, 0.5) is 5.69 Å². The molecule has 2 aromatic rings. The second-order valence-electron chi connectivity index (χ2n) is 5.51. The number of cyclic esters (lactones) is 1. The zero-order valence-corrected chi connectivity index (χ0v) is 12.6. The molecule has 0 radical (unpaired) electrons. The van der Waals surface area contributed by atoms with Crippen molar-refractivity contribution in [3.63, 3.8) is 0 Å². The van der Waals surface area contributed by atoms with Crippen LogP contribution in [0.2, 0.25) is 0 Å². The number of nitrogens with one attached hydrogen (secondary N) is 1. The Balaban J connectivity index is 1.81. The number of rotatable bonds is 2.